The van der Waals surface area contributed by atoms with Gasteiger partial charge in [0.1, 0.15) is 0 Å². The fourth-order valence-electron chi connectivity index (χ4n) is 1.86. The van der Waals surface area contributed by atoms with Crippen molar-refractivity contribution in [3.05, 3.63) is 29.3 Å². The highest BCUT2D eigenvalue weighted by atomic mass is 32.2. The summed E-state index contributed by atoms with van der Waals surface area (Å²) in [5.41, 5.74) is 0.406. The van der Waals surface area contributed by atoms with Crippen LogP contribution in [0.15, 0.2) is 23.1 Å². The lowest BCUT2D eigenvalue weighted by atomic mass is 10.1. The molecule has 0 saturated heterocycles. The molecule has 0 aliphatic heterocycles. The van der Waals surface area contributed by atoms with E-state index >= 15 is 0 Å². The van der Waals surface area contributed by atoms with Crippen molar-refractivity contribution in [1.82, 2.24) is 4.31 Å². The van der Waals surface area contributed by atoms with Crippen molar-refractivity contribution in [1.29, 1.82) is 0 Å². The molecule has 0 atom stereocenters. The number of benzene rings is 1. The molecule has 7 heteroatoms. The lowest BCUT2D eigenvalue weighted by Gasteiger charge is -2.21. The van der Waals surface area contributed by atoms with E-state index in [4.69, 9.17) is 10.2 Å². The molecular formula is C13H19NO5S. The van der Waals surface area contributed by atoms with Crippen LogP contribution < -0.4 is 0 Å². The Morgan fingerprint density at radius 2 is 1.95 bits per heavy atom. The van der Waals surface area contributed by atoms with Gasteiger partial charge >= 0.3 is 5.97 Å². The van der Waals surface area contributed by atoms with Crippen molar-refractivity contribution >= 4 is 16.0 Å². The zero-order chi connectivity index (χ0) is 15.3. The van der Waals surface area contributed by atoms with Crippen LogP contribution in [0.4, 0.5) is 0 Å². The van der Waals surface area contributed by atoms with Crippen molar-refractivity contribution in [3.63, 3.8) is 0 Å². The van der Waals surface area contributed by atoms with Gasteiger partial charge in [-0.3, -0.25) is 0 Å². The summed E-state index contributed by atoms with van der Waals surface area (Å²) in [7, 11) is -3.80. The largest absolute Gasteiger partial charge is 0.478 e. The first-order valence-corrected chi connectivity index (χ1v) is 7.73. The Morgan fingerprint density at radius 1 is 1.30 bits per heavy atom. The Balaban J connectivity index is 3.32. The third-order valence-corrected chi connectivity index (χ3v) is 4.92. The topological polar surface area (TPSA) is 94.9 Å². The monoisotopic (exact) mass is 301 g/mol. The van der Waals surface area contributed by atoms with Crippen LogP contribution in [-0.2, 0) is 10.0 Å². The molecule has 1 aromatic carbocycles. The van der Waals surface area contributed by atoms with E-state index < -0.39 is 16.0 Å². The molecule has 0 fully saturated rings. The van der Waals surface area contributed by atoms with E-state index in [1.54, 1.807) is 6.92 Å². The summed E-state index contributed by atoms with van der Waals surface area (Å²) in [5.74, 6) is -1.18. The van der Waals surface area contributed by atoms with Crippen LogP contribution in [0.1, 0.15) is 29.3 Å². The Labute approximate surface area is 118 Å². The minimum Gasteiger partial charge on any atom is -0.478 e. The van der Waals surface area contributed by atoms with E-state index in [-0.39, 0.29) is 30.2 Å². The molecule has 0 heterocycles. The van der Waals surface area contributed by atoms with Gasteiger partial charge in [-0.2, -0.15) is 4.31 Å². The van der Waals surface area contributed by atoms with Crippen molar-refractivity contribution in [2.24, 2.45) is 0 Å². The molecule has 6 nitrogen and oxygen atoms in total. The van der Waals surface area contributed by atoms with Gasteiger partial charge in [-0.15, -0.1) is 0 Å². The average Bonchev–Trinajstić information content (AvgIpc) is 2.38. The molecule has 0 aliphatic carbocycles. The van der Waals surface area contributed by atoms with E-state index in [9.17, 15) is 13.2 Å². The van der Waals surface area contributed by atoms with Gasteiger partial charge in [0.25, 0.3) is 0 Å². The van der Waals surface area contributed by atoms with Crippen LogP contribution in [0.5, 0.6) is 0 Å². The molecule has 0 amide bonds. The highest BCUT2D eigenvalue weighted by molar-refractivity contribution is 7.89. The van der Waals surface area contributed by atoms with Gasteiger partial charge in [0.05, 0.1) is 17.1 Å². The van der Waals surface area contributed by atoms with Crippen LogP contribution in [0.3, 0.4) is 0 Å². The lowest BCUT2D eigenvalue weighted by molar-refractivity contribution is 0.0696. The number of aryl methyl sites for hydroxylation is 1. The minimum atomic E-state index is -3.80. The third-order valence-electron chi connectivity index (χ3n) is 2.88. The third kappa shape index (κ3) is 3.56. The maximum atomic E-state index is 12.5. The predicted octanol–water partition coefficient (Wildman–Crippen LogP) is 1.09. The molecule has 1 rings (SSSR count). The fraction of sp³-hybridized carbons (Fsp3) is 0.462. The normalized spacial score (nSPS) is 11.8. The van der Waals surface area contributed by atoms with Gasteiger partial charge in [-0.05, 0) is 31.0 Å². The van der Waals surface area contributed by atoms with E-state index in [0.29, 0.717) is 12.0 Å². The van der Waals surface area contributed by atoms with Crippen molar-refractivity contribution in [2.45, 2.75) is 25.2 Å². The Hall–Kier alpha value is -1.44. The first-order valence-electron chi connectivity index (χ1n) is 6.29. The highest BCUT2D eigenvalue weighted by Crippen LogP contribution is 2.21. The summed E-state index contributed by atoms with van der Waals surface area (Å²) in [6.07, 6.45) is 0.608. The van der Waals surface area contributed by atoms with Crippen molar-refractivity contribution in [2.75, 3.05) is 19.7 Å². The zero-order valence-electron chi connectivity index (χ0n) is 11.5. The number of nitrogens with zero attached hydrogens (tertiary/aromatic N) is 1. The molecule has 0 aromatic heterocycles. The second-order valence-electron chi connectivity index (χ2n) is 4.41. The van der Waals surface area contributed by atoms with E-state index in [1.165, 1.54) is 16.4 Å². The second-order valence-corrected chi connectivity index (χ2v) is 6.32. The highest BCUT2D eigenvalue weighted by Gasteiger charge is 2.26. The molecule has 0 bridgehead atoms. The minimum absolute atomic E-state index is 0.00703. The predicted molar refractivity (Wildman–Crippen MR) is 74.3 cm³/mol. The molecule has 20 heavy (non-hydrogen) atoms. The SMILES string of the molecule is CCCN(CCO)S(=O)(=O)c1cc(C(=O)O)ccc1C. The van der Waals surface area contributed by atoms with Gasteiger partial charge in [-0.25, -0.2) is 13.2 Å². The lowest BCUT2D eigenvalue weighted by Crippen LogP contribution is -2.34. The number of aliphatic hydroxyl groups excluding tert-OH is 1. The number of carbonyl (C=O) groups is 1. The maximum Gasteiger partial charge on any atom is 0.335 e. The molecule has 1 aromatic rings. The molecule has 112 valence electrons. The molecule has 0 aliphatic rings. The molecule has 2 N–H and O–H groups in total. The standard InChI is InChI=1S/C13H19NO5S/c1-3-6-14(7-8-15)20(18,19)12-9-11(13(16)17)5-4-10(12)2/h4-5,9,15H,3,6-8H2,1-2H3,(H,16,17). The average molecular weight is 301 g/mol. The van der Waals surface area contributed by atoms with Crippen molar-refractivity contribution in [3.8, 4) is 0 Å². The fourth-order valence-corrected chi connectivity index (χ4v) is 3.64. The van der Waals surface area contributed by atoms with Crippen molar-refractivity contribution < 1.29 is 23.4 Å². The number of aliphatic hydroxyl groups is 1. The number of carboxylic acid groups (broad SMARTS) is 1. The van der Waals surface area contributed by atoms with Crippen LogP contribution >= 0.6 is 0 Å². The molecule has 0 unspecified atom stereocenters. The zero-order valence-corrected chi connectivity index (χ0v) is 12.4. The number of carboxylic acids is 1. The molecule has 0 spiro atoms. The van der Waals surface area contributed by atoms with Gasteiger partial charge in [0.15, 0.2) is 0 Å². The first-order chi connectivity index (χ1) is 9.34. The number of sulfonamides is 1. The summed E-state index contributed by atoms with van der Waals surface area (Å²) < 4.78 is 26.2. The van der Waals surface area contributed by atoms with E-state index in [0.717, 1.165) is 6.07 Å². The second kappa shape index (κ2) is 6.83. The summed E-state index contributed by atoms with van der Waals surface area (Å²) in [6, 6.07) is 4.00. The maximum absolute atomic E-state index is 12.5. The van der Waals surface area contributed by atoms with Crippen LogP contribution in [0, 0.1) is 6.92 Å². The van der Waals surface area contributed by atoms with Gasteiger partial charge in [0.2, 0.25) is 10.0 Å². The Bertz CT molecular complexity index is 576. The van der Waals surface area contributed by atoms with Crippen LogP contribution in [0.25, 0.3) is 0 Å². The van der Waals surface area contributed by atoms with Gasteiger partial charge in [0, 0.05) is 13.1 Å². The summed E-state index contributed by atoms with van der Waals surface area (Å²) >= 11 is 0. The quantitative estimate of drug-likeness (QED) is 0.786. The Kier molecular flexibility index (Phi) is 5.67. The molecule has 0 radical (unpaired) electrons. The van der Waals surface area contributed by atoms with E-state index in [1.807, 2.05) is 6.92 Å². The molecular weight excluding hydrogens is 282 g/mol. The van der Waals surface area contributed by atoms with Crippen LogP contribution in [-0.4, -0.2) is 48.6 Å². The van der Waals surface area contributed by atoms with E-state index in [2.05, 4.69) is 0 Å². The first kappa shape index (κ1) is 16.6. The summed E-state index contributed by atoms with van der Waals surface area (Å²) in [6.45, 7) is 3.44. The Morgan fingerprint density at radius 3 is 2.45 bits per heavy atom. The number of aromatic carboxylic acids is 1. The number of rotatable bonds is 7. The van der Waals surface area contributed by atoms with Gasteiger partial charge < -0.3 is 10.2 Å². The van der Waals surface area contributed by atoms with Gasteiger partial charge in [-0.1, -0.05) is 13.0 Å². The smallest absolute Gasteiger partial charge is 0.335 e. The summed E-state index contributed by atoms with van der Waals surface area (Å²) in [4.78, 5) is 10.9. The van der Waals surface area contributed by atoms with Crippen LogP contribution in [0.2, 0.25) is 0 Å². The number of hydrogen-bond donors (Lipinski definition) is 2. The molecule has 0 saturated carbocycles. The summed E-state index contributed by atoms with van der Waals surface area (Å²) in [5, 5.41) is 17.9. The number of hydrogen-bond acceptors (Lipinski definition) is 4.